The Kier molecular flexibility index (Phi) is 4.98. The SMILES string of the molecule is CC(=O)NCC(=O)NC1CC2(CCN(c3ncccn3)CC2)c2ccccc21. The molecule has 1 aliphatic heterocycles. The Morgan fingerprint density at radius 2 is 1.86 bits per heavy atom. The van der Waals surface area contributed by atoms with Crippen molar-refractivity contribution < 1.29 is 9.59 Å². The Bertz CT molecular complexity index is 862. The van der Waals surface area contributed by atoms with Gasteiger partial charge in [0.1, 0.15) is 0 Å². The van der Waals surface area contributed by atoms with Crippen molar-refractivity contribution in [2.75, 3.05) is 24.5 Å². The van der Waals surface area contributed by atoms with Gasteiger partial charge in [0, 0.05) is 37.8 Å². The van der Waals surface area contributed by atoms with E-state index in [-0.39, 0.29) is 29.8 Å². The summed E-state index contributed by atoms with van der Waals surface area (Å²) < 4.78 is 0. The van der Waals surface area contributed by atoms with Crippen LogP contribution in [-0.2, 0) is 15.0 Å². The lowest BCUT2D eigenvalue weighted by Gasteiger charge is -2.40. The van der Waals surface area contributed by atoms with Crippen LogP contribution in [0.4, 0.5) is 5.95 Å². The van der Waals surface area contributed by atoms with Crippen molar-refractivity contribution in [1.82, 2.24) is 20.6 Å². The van der Waals surface area contributed by atoms with Gasteiger partial charge in [0.05, 0.1) is 12.6 Å². The van der Waals surface area contributed by atoms with Gasteiger partial charge in [-0.3, -0.25) is 9.59 Å². The molecule has 1 aromatic heterocycles. The third-order valence-corrected chi connectivity index (χ3v) is 5.89. The number of aromatic nitrogens is 2. The molecule has 28 heavy (non-hydrogen) atoms. The summed E-state index contributed by atoms with van der Waals surface area (Å²) in [6, 6.07) is 10.2. The monoisotopic (exact) mass is 379 g/mol. The number of carbonyl (C=O) groups is 2. The fourth-order valence-corrected chi connectivity index (χ4v) is 4.54. The maximum atomic E-state index is 12.3. The van der Waals surface area contributed by atoms with Crippen LogP contribution in [0.25, 0.3) is 0 Å². The van der Waals surface area contributed by atoms with Gasteiger partial charge in [0.2, 0.25) is 17.8 Å². The van der Waals surface area contributed by atoms with Gasteiger partial charge in [0.15, 0.2) is 0 Å². The molecule has 1 atom stereocenters. The third kappa shape index (κ3) is 3.56. The van der Waals surface area contributed by atoms with Gasteiger partial charge in [-0.2, -0.15) is 0 Å². The van der Waals surface area contributed by atoms with Gasteiger partial charge >= 0.3 is 0 Å². The van der Waals surface area contributed by atoms with Crippen LogP contribution in [-0.4, -0.2) is 41.4 Å². The number of hydrogen-bond donors (Lipinski definition) is 2. The summed E-state index contributed by atoms with van der Waals surface area (Å²) in [5.74, 6) is 0.430. The van der Waals surface area contributed by atoms with E-state index in [0.717, 1.165) is 38.3 Å². The number of piperidine rings is 1. The number of amides is 2. The minimum Gasteiger partial charge on any atom is -0.348 e. The Morgan fingerprint density at radius 1 is 1.14 bits per heavy atom. The zero-order valence-corrected chi connectivity index (χ0v) is 16.0. The molecule has 1 spiro atoms. The van der Waals surface area contributed by atoms with Crippen molar-refractivity contribution in [3.8, 4) is 0 Å². The zero-order chi connectivity index (χ0) is 19.6. The van der Waals surface area contributed by atoms with E-state index in [9.17, 15) is 9.59 Å². The highest BCUT2D eigenvalue weighted by Gasteiger charge is 2.45. The van der Waals surface area contributed by atoms with E-state index < -0.39 is 0 Å². The van der Waals surface area contributed by atoms with Gasteiger partial charge in [0.25, 0.3) is 0 Å². The van der Waals surface area contributed by atoms with Crippen LogP contribution in [0.1, 0.15) is 43.4 Å². The summed E-state index contributed by atoms with van der Waals surface area (Å²) >= 11 is 0. The minimum atomic E-state index is -0.200. The van der Waals surface area contributed by atoms with Crippen LogP contribution < -0.4 is 15.5 Å². The highest BCUT2D eigenvalue weighted by molar-refractivity contribution is 5.84. The lowest BCUT2D eigenvalue weighted by molar-refractivity contribution is -0.125. The fourth-order valence-electron chi connectivity index (χ4n) is 4.54. The summed E-state index contributed by atoms with van der Waals surface area (Å²) in [6.07, 6.45) is 6.44. The molecule has 1 unspecified atom stereocenters. The van der Waals surface area contributed by atoms with Gasteiger partial charge in [-0.1, -0.05) is 24.3 Å². The number of rotatable bonds is 4. The number of fused-ring (bicyclic) bond motifs is 2. The third-order valence-electron chi connectivity index (χ3n) is 5.89. The molecule has 7 heteroatoms. The van der Waals surface area contributed by atoms with Crippen molar-refractivity contribution in [2.45, 2.75) is 37.6 Å². The Hall–Kier alpha value is -2.96. The zero-order valence-electron chi connectivity index (χ0n) is 16.0. The van der Waals surface area contributed by atoms with E-state index in [1.165, 1.54) is 18.1 Å². The van der Waals surface area contributed by atoms with Crippen LogP contribution in [0.2, 0.25) is 0 Å². The molecule has 2 aliphatic rings. The fraction of sp³-hybridized carbons (Fsp3) is 0.429. The molecule has 0 radical (unpaired) electrons. The molecule has 2 amide bonds. The van der Waals surface area contributed by atoms with Crippen molar-refractivity contribution >= 4 is 17.8 Å². The molecule has 1 fully saturated rings. The molecule has 146 valence electrons. The molecule has 2 N–H and O–H groups in total. The highest BCUT2D eigenvalue weighted by atomic mass is 16.2. The molecule has 7 nitrogen and oxygen atoms in total. The molecule has 1 aliphatic carbocycles. The normalized spacial score (nSPS) is 19.9. The molecule has 0 bridgehead atoms. The number of hydrogen-bond acceptors (Lipinski definition) is 5. The van der Waals surface area contributed by atoms with E-state index in [1.54, 1.807) is 12.4 Å². The highest BCUT2D eigenvalue weighted by Crippen LogP contribution is 2.50. The summed E-state index contributed by atoms with van der Waals surface area (Å²) in [5, 5.41) is 5.68. The second-order valence-corrected chi connectivity index (χ2v) is 7.64. The Labute approximate surface area is 164 Å². The number of benzene rings is 1. The smallest absolute Gasteiger partial charge is 0.239 e. The number of anilines is 1. The van der Waals surface area contributed by atoms with Crippen LogP contribution in [0.3, 0.4) is 0 Å². The molecular weight excluding hydrogens is 354 g/mol. The maximum Gasteiger partial charge on any atom is 0.239 e. The molecule has 2 heterocycles. The van der Waals surface area contributed by atoms with Gasteiger partial charge in [-0.25, -0.2) is 9.97 Å². The van der Waals surface area contributed by atoms with Crippen LogP contribution in [0.15, 0.2) is 42.7 Å². The number of carbonyl (C=O) groups excluding carboxylic acids is 2. The first-order chi connectivity index (χ1) is 13.6. The second-order valence-electron chi connectivity index (χ2n) is 7.64. The Balaban J connectivity index is 1.49. The first kappa shape index (κ1) is 18.4. The lowest BCUT2D eigenvalue weighted by Crippen LogP contribution is -2.43. The first-order valence-electron chi connectivity index (χ1n) is 9.73. The van der Waals surface area contributed by atoms with Gasteiger partial charge < -0.3 is 15.5 Å². The predicted molar refractivity (Wildman–Crippen MR) is 106 cm³/mol. The van der Waals surface area contributed by atoms with Gasteiger partial charge in [-0.05, 0) is 36.5 Å². The summed E-state index contributed by atoms with van der Waals surface area (Å²) in [6.45, 7) is 3.22. The number of nitrogens with zero attached hydrogens (tertiary/aromatic N) is 3. The second kappa shape index (κ2) is 7.58. The van der Waals surface area contributed by atoms with Crippen molar-refractivity contribution in [1.29, 1.82) is 0 Å². The summed E-state index contributed by atoms with van der Waals surface area (Å²) in [4.78, 5) is 34.3. The average molecular weight is 379 g/mol. The van der Waals surface area contributed by atoms with Crippen LogP contribution in [0.5, 0.6) is 0 Å². The van der Waals surface area contributed by atoms with E-state index >= 15 is 0 Å². The first-order valence-corrected chi connectivity index (χ1v) is 9.73. The van der Waals surface area contributed by atoms with Crippen LogP contribution in [0, 0.1) is 0 Å². The molecule has 2 aromatic rings. The summed E-state index contributed by atoms with van der Waals surface area (Å²) in [7, 11) is 0. The van der Waals surface area contributed by atoms with E-state index in [2.05, 4.69) is 43.7 Å². The van der Waals surface area contributed by atoms with E-state index in [0.29, 0.717) is 0 Å². The largest absolute Gasteiger partial charge is 0.348 e. The molecular formula is C21H25N5O2. The average Bonchev–Trinajstić information content (AvgIpc) is 3.01. The van der Waals surface area contributed by atoms with Crippen molar-refractivity contribution in [2.24, 2.45) is 0 Å². The maximum absolute atomic E-state index is 12.3. The molecule has 1 saturated heterocycles. The quantitative estimate of drug-likeness (QED) is 0.845. The van der Waals surface area contributed by atoms with E-state index in [1.807, 2.05) is 12.1 Å². The predicted octanol–water partition coefficient (Wildman–Crippen LogP) is 1.71. The minimum absolute atomic E-state index is 0.0140. The van der Waals surface area contributed by atoms with Gasteiger partial charge in [-0.15, -0.1) is 0 Å². The van der Waals surface area contributed by atoms with E-state index in [4.69, 9.17) is 0 Å². The summed E-state index contributed by atoms with van der Waals surface area (Å²) in [5.41, 5.74) is 2.60. The van der Waals surface area contributed by atoms with Crippen molar-refractivity contribution in [3.63, 3.8) is 0 Å². The molecule has 1 aromatic carbocycles. The number of nitrogens with one attached hydrogen (secondary N) is 2. The topological polar surface area (TPSA) is 87.2 Å². The molecule has 4 rings (SSSR count). The molecule has 0 saturated carbocycles. The Morgan fingerprint density at radius 3 is 2.57 bits per heavy atom. The standard InChI is InChI=1S/C21H25N5O2/c1-15(27)24-14-19(28)25-18-13-21(17-6-3-2-5-16(17)18)7-11-26(12-8-21)20-22-9-4-10-23-20/h2-6,9-10,18H,7-8,11-14H2,1H3,(H,24,27)(H,25,28). The van der Waals surface area contributed by atoms with Crippen molar-refractivity contribution in [3.05, 3.63) is 53.9 Å². The van der Waals surface area contributed by atoms with Crippen LogP contribution >= 0.6 is 0 Å². The lowest BCUT2D eigenvalue weighted by atomic mass is 9.73.